The van der Waals surface area contributed by atoms with E-state index < -0.39 is 45.7 Å². The maximum Gasteiger partial charge on any atom is 0.342 e. The summed E-state index contributed by atoms with van der Waals surface area (Å²) in [6.45, 7) is 14.9. The normalized spacial score (nSPS) is 30.2. The van der Waals surface area contributed by atoms with E-state index in [1.54, 1.807) is 0 Å². The van der Waals surface area contributed by atoms with E-state index in [4.69, 9.17) is 23.7 Å². The number of Topliss-reactive ketones (excluding diaryl/α,β-unsaturated/α-hetero) is 1. The number of esters is 1. The van der Waals surface area contributed by atoms with Gasteiger partial charge in [0.15, 0.2) is 17.1 Å². The highest BCUT2D eigenvalue weighted by Gasteiger charge is 2.82. The largest absolute Gasteiger partial charge is 0.502 e. The van der Waals surface area contributed by atoms with E-state index in [0.29, 0.717) is 16.9 Å². The third-order valence-electron chi connectivity index (χ3n) is 9.42. The summed E-state index contributed by atoms with van der Waals surface area (Å²) in [4.78, 5) is 28.6. The maximum atomic E-state index is 14.4. The average Bonchev–Trinajstić information content (AvgIpc) is 3.08. The zero-order valence-corrected chi connectivity index (χ0v) is 27.3. The summed E-state index contributed by atoms with van der Waals surface area (Å²) in [6, 6.07) is 0. The van der Waals surface area contributed by atoms with Gasteiger partial charge in [0.2, 0.25) is 11.5 Å². The van der Waals surface area contributed by atoms with Crippen LogP contribution in [-0.4, -0.2) is 64.2 Å². The Balaban J connectivity index is 1.70. The molecular weight excluding hydrogens is 564 g/mol. The fourth-order valence-corrected chi connectivity index (χ4v) is 7.25. The number of aromatic hydroxyl groups is 1. The van der Waals surface area contributed by atoms with Crippen molar-refractivity contribution in [1.29, 1.82) is 0 Å². The summed E-state index contributed by atoms with van der Waals surface area (Å²) < 4.78 is 30.3. The molecule has 3 aliphatic carbocycles. The molecular formula is C35H44O9. The monoisotopic (exact) mass is 608 g/mol. The number of aliphatic hydroxyl groups is 1. The molecule has 9 nitrogen and oxygen atoms in total. The van der Waals surface area contributed by atoms with Crippen LogP contribution in [0.2, 0.25) is 0 Å². The molecule has 44 heavy (non-hydrogen) atoms. The molecule has 0 aromatic heterocycles. The molecule has 5 aliphatic rings. The first-order chi connectivity index (χ1) is 20.4. The lowest BCUT2D eigenvalue weighted by Crippen LogP contribution is -2.74. The predicted octanol–water partition coefficient (Wildman–Crippen LogP) is 5.55. The number of rotatable bonds is 8. The van der Waals surface area contributed by atoms with Crippen molar-refractivity contribution in [3.8, 4) is 23.0 Å². The number of hydrogen-bond acceptors (Lipinski definition) is 9. The molecule has 2 fully saturated rings. The highest BCUT2D eigenvalue weighted by Crippen LogP contribution is 2.66. The number of methoxy groups -OCH3 is 2. The number of phenols is 1. The number of carbonyl (C=O) groups is 2. The first kappa shape index (κ1) is 32.0. The van der Waals surface area contributed by atoms with Crippen LogP contribution in [0.1, 0.15) is 79.4 Å². The molecule has 2 N–H and O–H groups in total. The van der Waals surface area contributed by atoms with E-state index in [1.807, 2.05) is 79.7 Å². The van der Waals surface area contributed by atoms with Gasteiger partial charge in [-0.25, -0.2) is 4.79 Å². The van der Waals surface area contributed by atoms with E-state index >= 15 is 0 Å². The van der Waals surface area contributed by atoms with Crippen molar-refractivity contribution in [2.75, 3.05) is 14.2 Å². The summed E-state index contributed by atoms with van der Waals surface area (Å²) in [5, 5.41) is 24.3. The quantitative estimate of drug-likeness (QED) is 0.222. The SMILES string of the molecule is COc1c2c(c(O)c(OC(=O)C3=C[C@]4(OC)C[C@H]5C(C)(C)O[C@](CC=C(C)C)(C4=O)[C@@]35O)c1CC=C(C)C)OC(C)(C)C=C2. The van der Waals surface area contributed by atoms with Gasteiger partial charge in [-0.15, -0.1) is 0 Å². The van der Waals surface area contributed by atoms with Crippen LogP contribution >= 0.6 is 0 Å². The molecule has 0 amide bonds. The lowest BCUT2D eigenvalue weighted by atomic mass is 9.51. The number of carbonyl (C=O) groups excluding carboxylic acids is 2. The molecule has 1 saturated heterocycles. The Kier molecular flexibility index (Phi) is 7.51. The Morgan fingerprint density at radius 1 is 1.07 bits per heavy atom. The van der Waals surface area contributed by atoms with Gasteiger partial charge in [-0.2, -0.15) is 0 Å². The number of ketones is 1. The van der Waals surface area contributed by atoms with Gasteiger partial charge in [0.25, 0.3) is 0 Å². The number of allylic oxidation sites excluding steroid dienone is 3. The standard InChI is InChI=1S/C35H44O9/c1-19(2)11-12-21-26(40-9)22-14-15-31(5,6)43-28(22)25(36)27(21)42-29(37)23-17-33(41-10)18-24-32(7,8)44-34(30(33)38,35(23,24)39)16-13-20(3)4/h11,13-15,17,24,36,39H,12,16,18H2,1-10H3/t24-,33-,34+,35+/m0/s1. The van der Waals surface area contributed by atoms with Gasteiger partial charge in [0.05, 0.1) is 23.8 Å². The van der Waals surface area contributed by atoms with Crippen LogP contribution in [0.5, 0.6) is 23.0 Å². The summed E-state index contributed by atoms with van der Waals surface area (Å²) >= 11 is 0. The second kappa shape index (κ2) is 10.3. The lowest BCUT2D eigenvalue weighted by Gasteiger charge is -2.55. The van der Waals surface area contributed by atoms with Gasteiger partial charge >= 0.3 is 5.97 Å². The summed E-state index contributed by atoms with van der Waals surface area (Å²) in [6.07, 6.45) is 9.26. The first-order valence-electron chi connectivity index (χ1n) is 15.0. The number of fused-ring (bicyclic) bond motifs is 1. The minimum absolute atomic E-state index is 0.0410. The van der Waals surface area contributed by atoms with Gasteiger partial charge in [-0.05, 0) is 86.5 Å². The Hall–Kier alpha value is -3.40. The van der Waals surface area contributed by atoms with Crippen LogP contribution in [0.25, 0.3) is 6.08 Å². The zero-order chi connectivity index (χ0) is 32.6. The zero-order valence-electron chi connectivity index (χ0n) is 27.3. The van der Waals surface area contributed by atoms with Crippen LogP contribution in [-0.2, 0) is 25.5 Å². The van der Waals surface area contributed by atoms with Gasteiger partial charge in [-0.1, -0.05) is 23.3 Å². The van der Waals surface area contributed by atoms with Crippen molar-refractivity contribution >= 4 is 17.8 Å². The number of phenolic OH excluding ortho intramolecular Hbond substituents is 1. The minimum atomic E-state index is -2.02. The Morgan fingerprint density at radius 2 is 1.73 bits per heavy atom. The van der Waals surface area contributed by atoms with Gasteiger partial charge in [-0.3, -0.25) is 4.79 Å². The molecule has 1 aromatic carbocycles. The molecule has 2 aliphatic heterocycles. The fraction of sp³-hybridized carbons (Fsp3) is 0.543. The summed E-state index contributed by atoms with van der Waals surface area (Å²) in [5.74, 6) is -2.06. The molecule has 1 saturated carbocycles. The molecule has 9 heteroatoms. The second-order valence-corrected chi connectivity index (χ2v) is 13.9. The third-order valence-corrected chi connectivity index (χ3v) is 9.42. The van der Waals surface area contributed by atoms with Crippen molar-refractivity contribution in [2.45, 2.75) is 103 Å². The predicted molar refractivity (Wildman–Crippen MR) is 165 cm³/mol. The highest BCUT2D eigenvalue weighted by molar-refractivity contribution is 6.08. The lowest BCUT2D eigenvalue weighted by molar-refractivity contribution is -0.196. The molecule has 1 aromatic rings. The van der Waals surface area contributed by atoms with Crippen molar-refractivity contribution in [1.82, 2.24) is 0 Å². The number of hydrogen-bond donors (Lipinski definition) is 2. The Labute approximate surface area is 259 Å². The van der Waals surface area contributed by atoms with E-state index in [1.165, 1.54) is 20.3 Å². The summed E-state index contributed by atoms with van der Waals surface area (Å²) in [7, 11) is 2.92. The average molecular weight is 609 g/mol. The van der Waals surface area contributed by atoms with Crippen LogP contribution < -0.4 is 14.2 Å². The molecule has 6 rings (SSSR count). The van der Waals surface area contributed by atoms with E-state index in [-0.39, 0.29) is 42.1 Å². The summed E-state index contributed by atoms with van der Waals surface area (Å²) in [5.41, 5.74) is -4.30. The smallest absolute Gasteiger partial charge is 0.342 e. The second-order valence-electron chi connectivity index (χ2n) is 13.9. The Bertz CT molecular complexity index is 1550. The van der Waals surface area contributed by atoms with Crippen molar-refractivity contribution in [2.24, 2.45) is 5.92 Å². The molecule has 4 atom stereocenters. The minimum Gasteiger partial charge on any atom is -0.502 e. The number of benzene rings is 1. The van der Waals surface area contributed by atoms with Gasteiger partial charge < -0.3 is 33.9 Å². The van der Waals surface area contributed by atoms with E-state index in [2.05, 4.69) is 0 Å². The van der Waals surface area contributed by atoms with Gasteiger partial charge in [0.1, 0.15) is 22.6 Å². The maximum absolute atomic E-state index is 14.4. The molecule has 2 heterocycles. The molecule has 0 radical (unpaired) electrons. The third kappa shape index (κ3) is 4.46. The van der Waals surface area contributed by atoms with Crippen LogP contribution in [0.3, 0.4) is 0 Å². The van der Waals surface area contributed by atoms with Crippen molar-refractivity contribution in [3.63, 3.8) is 0 Å². The fourth-order valence-electron chi connectivity index (χ4n) is 7.25. The molecule has 4 bridgehead atoms. The molecule has 0 spiro atoms. The van der Waals surface area contributed by atoms with Crippen molar-refractivity contribution in [3.05, 3.63) is 52.2 Å². The van der Waals surface area contributed by atoms with Gasteiger partial charge in [0, 0.05) is 25.0 Å². The van der Waals surface area contributed by atoms with E-state index in [0.717, 1.165) is 11.1 Å². The number of ether oxygens (including phenoxy) is 5. The van der Waals surface area contributed by atoms with Crippen LogP contribution in [0, 0.1) is 5.92 Å². The Morgan fingerprint density at radius 3 is 2.32 bits per heavy atom. The molecule has 0 unspecified atom stereocenters. The first-order valence-corrected chi connectivity index (χ1v) is 15.0. The van der Waals surface area contributed by atoms with Crippen molar-refractivity contribution < 1.29 is 43.5 Å². The van der Waals surface area contributed by atoms with Crippen LogP contribution in [0.15, 0.2) is 41.0 Å². The highest BCUT2D eigenvalue weighted by atomic mass is 16.6. The van der Waals surface area contributed by atoms with E-state index in [9.17, 15) is 19.8 Å². The molecule has 238 valence electrons. The van der Waals surface area contributed by atoms with Crippen LogP contribution in [0.4, 0.5) is 0 Å². The topological polar surface area (TPSA) is 121 Å².